The Hall–Kier alpha value is -2.18. The highest BCUT2D eigenvalue weighted by molar-refractivity contribution is 9.10. The van der Waals surface area contributed by atoms with Crippen LogP contribution in [0.15, 0.2) is 52.0 Å². The van der Waals surface area contributed by atoms with Gasteiger partial charge in [-0.1, -0.05) is 27.5 Å². The lowest BCUT2D eigenvalue weighted by molar-refractivity contribution is 0.964. The predicted octanol–water partition coefficient (Wildman–Crippen LogP) is 4.75. The lowest BCUT2D eigenvalue weighted by Crippen LogP contribution is -2.00. The number of halogens is 2. The molecule has 5 nitrogen and oxygen atoms in total. The van der Waals surface area contributed by atoms with E-state index in [0.29, 0.717) is 11.0 Å². The summed E-state index contributed by atoms with van der Waals surface area (Å²) in [4.78, 5) is 0. The molecule has 0 radical (unpaired) electrons. The van der Waals surface area contributed by atoms with Crippen LogP contribution in [0.4, 0.5) is 5.82 Å². The highest BCUT2D eigenvalue weighted by Gasteiger charge is 2.09. The van der Waals surface area contributed by atoms with Crippen LogP contribution in [0.5, 0.6) is 0 Å². The van der Waals surface area contributed by atoms with E-state index in [2.05, 4.69) is 73.3 Å². The molecule has 24 heavy (non-hydrogen) atoms. The molecule has 122 valence electrons. The van der Waals surface area contributed by atoms with Crippen LogP contribution in [-0.4, -0.2) is 21.0 Å². The highest BCUT2D eigenvalue weighted by Crippen LogP contribution is 2.21. The van der Waals surface area contributed by atoms with Crippen molar-refractivity contribution < 1.29 is 0 Å². The molecule has 0 fully saturated rings. The number of hydrogen-bond acceptors (Lipinski definition) is 4. The van der Waals surface area contributed by atoms with Gasteiger partial charge < -0.3 is 4.57 Å². The van der Waals surface area contributed by atoms with Crippen LogP contribution in [-0.2, 0) is 0 Å². The molecule has 0 saturated carbocycles. The van der Waals surface area contributed by atoms with Crippen molar-refractivity contribution in [3.63, 3.8) is 0 Å². The van der Waals surface area contributed by atoms with E-state index in [1.54, 1.807) is 18.3 Å². The minimum Gasteiger partial charge on any atom is -0.318 e. The first-order valence-corrected chi connectivity index (χ1v) is 8.45. The lowest BCUT2D eigenvalue weighted by atomic mass is 10.2. The number of hydrazone groups is 1. The molecule has 0 saturated heterocycles. The lowest BCUT2D eigenvalue weighted by Gasteiger charge is -2.09. The summed E-state index contributed by atoms with van der Waals surface area (Å²) in [6, 6.07) is 13.7. The smallest absolute Gasteiger partial charge is 0.168 e. The summed E-state index contributed by atoms with van der Waals surface area (Å²) in [5.41, 5.74) is 7.25. The van der Waals surface area contributed by atoms with E-state index in [1.807, 2.05) is 12.1 Å². The Morgan fingerprint density at radius 3 is 2.54 bits per heavy atom. The summed E-state index contributed by atoms with van der Waals surface area (Å²) in [7, 11) is 0. The van der Waals surface area contributed by atoms with Gasteiger partial charge in [0.1, 0.15) is 0 Å². The van der Waals surface area contributed by atoms with Crippen molar-refractivity contribution in [2.75, 3.05) is 5.43 Å². The first kappa shape index (κ1) is 16.7. The fourth-order valence-electron chi connectivity index (χ4n) is 2.45. The summed E-state index contributed by atoms with van der Waals surface area (Å²) in [5, 5.41) is 12.2. The van der Waals surface area contributed by atoms with Gasteiger partial charge in [0.2, 0.25) is 0 Å². The topological polar surface area (TPSA) is 55.1 Å². The summed E-state index contributed by atoms with van der Waals surface area (Å²) < 4.78 is 3.25. The van der Waals surface area contributed by atoms with Gasteiger partial charge >= 0.3 is 0 Å². The van der Waals surface area contributed by atoms with Crippen LogP contribution < -0.4 is 5.43 Å². The van der Waals surface area contributed by atoms with Crippen LogP contribution in [0.2, 0.25) is 5.15 Å². The molecule has 7 heteroatoms. The zero-order valence-electron chi connectivity index (χ0n) is 13.2. The minimum absolute atomic E-state index is 0.350. The Kier molecular flexibility index (Phi) is 4.97. The molecule has 0 unspecified atom stereocenters. The molecule has 0 aliphatic carbocycles. The van der Waals surface area contributed by atoms with Gasteiger partial charge in [-0.15, -0.1) is 10.2 Å². The molecule has 0 aliphatic heterocycles. The second kappa shape index (κ2) is 7.15. The summed E-state index contributed by atoms with van der Waals surface area (Å²) in [6.07, 6.45) is 1.77. The van der Waals surface area contributed by atoms with Crippen LogP contribution >= 0.6 is 27.5 Å². The van der Waals surface area contributed by atoms with Crippen molar-refractivity contribution in [2.45, 2.75) is 13.8 Å². The van der Waals surface area contributed by atoms with E-state index < -0.39 is 0 Å². The number of rotatable bonds is 4. The van der Waals surface area contributed by atoms with Crippen molar-refractivity contribution in [1.29, 1.82) is 0 Å². The van der Waals surface area contributed by atoms with Crippen molar-refractivity contribution in [1.82, 2.24) is 14.8 Å². The number of nitrogens with one attached hydrogen (secondary N) is 1. The van der Waals surface area contributed by atoms with Gasteiger partial charge in [0.25, 0.3) is 0 Å². The zero-order chi connectivity index (χ0) is 17.1. The van der Waals surface area contributed by atoms with Gasteiger partial charge in [0.15, 0.2) is 11.0 Å². The largest absolute Gasteiger partial charge is 0.318 e. The Balaban J connectivity index is 1.82. The monoisotopic (exact) mass is 403 g/mol. The van der Waals surface area contributed by atoms with Gasteiger partial charge in [-0.2, -0.15) is 5.10 Å². The van der Waals surface area contributed by atoms with E-state index in [0.717, 1.165) is 27.1 Å². The number of nitrogens with zero attached hydrogens (tertiary/aromatic N) is 4. The van der Waals surface area contributed by atoms with Gasteiger partial charge in [-0.05, 0) is 56.3 Å². The molecule has 2 aromatic heterocycles. The zero-order valence-corrected chi connectivity index (χ0v) is 15.5. The van der Waals surface area contributed by atoms with Crippen molar-refractivity contribution in [2.24, 2.45) is 5.10 Å². The van der Waals surface area contributed by atoms with Gasteiger partial charge in [0, 0.05) is 27.1 Å². The van der Waals surface area contributed by atoms with Crippen molar-refractivity contribution in [3.8, 4) is 5.69 Å². The Morgan fingerprint density at radius 2 is 1.88 bits per heavy atom. The summed E-state index contributed by atoms with van der Waals surface area (Å²) >= 11 is 9.17. The van der Waals surface area contributed by atoms with Crippen molar-refractivity contribution in [3.05, 3.63) is 69.0 Å². The first-order valence-electron chi connectivity index (χ1n) is 7.28. The van der Waals surface area contributed by atoms with E-state index >= 15 is 0 Å². The SMILES string of the molecule is Cc1cc(C=NNc2ccc(Cl)nn2)c(C)n1-c1ccc(Br)cc1. The molecular weight excluding hydrogens is 390 g/mol. The van der Waals surface area contributed by atoms with Gasteiger partial charge in [0.05, 0.1) is 6.21 Å². The molecule has 1 aromatic carbocycles. The summed E-state index contributed by atoms with van der Waals surface area (Å²) in [5.74, 6) is 0.539. The van der Waals surface area contributed by atoms with Crippen LogP contribution in [0.25, 0.3) is 5.69 Å². The maximum Gasteiger partial charge on any atom is 0.168 e. The minimum atomic E-state index is 0.350. The quantitative estimate of drug-likeness (QED) is 0.504. The Bertz CT molecular complexity index is 869. The molecular formula is C17H15BrClN5. The fraction of sp³-hybridized carbons (Fsp3) is 0.118. The molecule has 0 atom stereocenters. The molecule has 0 aliphatic rings. The normalized spacial score (nSPS) is 11.2. The number of aromatic nitrogens is 3. The van der Waals surface area contributed by atoms with Gasteiger partial charge in [-0.25, -0.2) is 0 Å². The van der Waals surface area contributed by atoms with Crippen LogP contribution in [0.3, 0.4) is 0 Å². The Labute approximate surface area is 153 Å². The van der Waals surface area contributed by atoms with Crippen LogP contribution in [0, 0.1) is 13.8 Å². The molecule has 1 N–H and O–H groups in total. The predicted molar refractivity (Wildman–Crippen MR) is 101 cm³/mol. The third-order valence-corrected chi connectivity index (χ3v) is 4.30. The number of hydrogen-bond donors (Lipinski definition) is 1. The molecule has 2 heterocycles. The number of anilines is 1. The molecule has 0 spiro atoms. The Morgan fingerprint density at radius 1 is 1.12 bits per heavy atom. The second-order valence-corrected chi connectivity index (χ2v) is 6.55. The number of aryl methyl sites for hydroxylation is 1. The van der Waals surface area contributed by atoms with E-state index in [1.165, 1.54) is 0 Å². The molecule has 3 rings (SSSR count). The maximum atomic E-state index is 5.71. The molecule has 0 amide bonds. The van der Waals surface area contributed by atoms with Crippen LogP contribution in [0.1, 0.15) is 17.0 Å². The second-order valence-electron chi connectivity index (χ2n) is 5.25. The first-order chi connectivity index (χ1) is 11.5. The maximum absolute atomic E-state index is 5.71. The van der Waals surface area contributed by atoms with Crippen molar-refractivity contribution >= 4 is 39.6 Å². The van der Waals surface area contributed by atoms with E-state index in [4.69, 9.17) is 11.6 Å². The van der Waals surface area contributed by atoms with Gasteiger partial charge in [-0.3, -0.25) is 5.43 Å². The standard InChI is InChI=1S/C17H15BrClN5/c1-11-9-13(10-20-22-17-8-7-16(19)21-23-17)12(2)24(11)15-5-3-14(18)4-6-15/h3-10H,1-2H3,(H,22,23). The average Bonchev–Trinajstić information content (AvgIpc) is 2.85. The average molecular weight is 405 g/mol. The highest BCUT2D eigenvalue weighted by atomic mass is 79.9. The third-order valence-electron chi connectivity index (χ3n) is 3.57. The number of benzene rings is 1. The molecule has 0 bridgehead atoms. The fourth-order valence-corrected chi connectivity index (χ4v) is 2.81. The summed E-state index contributed by atoms with van der Waals surface area (Å²) in [6.45, 7) is 4.14. The molecule has 3 aromatic rings. The van der Waals surface area contributed by atoms with E-state index in [-0.39, 0.29) is 0 Å². The third kappa shape index (κ3) is 3.66. The van der Waals surface area contributed by atoms with E-state index in [9.17, 15) is 0 Å².